The third-order valence-electron chi connectivity index (χ3n) is 7.33. The molecule has 1 atom stereocenters. The maximum atomic E-state index is 14.4. The summed E-state index contributed by atoms with van der Waals surface area (Å²) in [7, 11) is -4.15. The molecule has 0 aromatic heterocycles. The van der Waals surface area contributed by atoms with E-state index in [9.17, 15) is 18.0 Å². The van der Waals surface area contributed by atoms with E-state index in [4.69, 9.17) is 11.6 Å². The van der Waals surface area contributed by atoms with Gasteiger partial charge in [-0.3, -0.25) is 13.9 Å². The minimum atomic E-state index is -4.15. The Kier molecular flexibility index (Phi) is 11.2. The molecule has 0 bridgehead atoms. The van der Waals surface area contributed by atoms with Crippen molar-refractivity contribution in [2.24, 2.45) is 0 Å². The van der Waals surface area contributed by atoms with Gasteiger partial charge in [0.05, 0.1) is 10.6 Å². The molecular weight excluding hydrogens is 594 g/mol. The summed E-state index contributed by atoms with van der Waals surface area (Å²) in [5.41, 5.74) is 3.71. The zero-order chi connectivity index (χ0) is 31.7. The molecule has 0 fully saturated rings. The Morgan fingerprint density at radius 1 is 0.818 bits per heavy atom. The molecule has 7 nitrogen and oxygen atoms in total. The number of amides is 2. The van der Waals surface area contributed by atoms with Crippen LogP contribution in [0.5, 0.6) is 0 Å². The molecule has 44 heavy (non-hydrogen) atoms. The predicted octanol–water partition coefficient (Wildman–Crippen LogP) is 6.32. The highest BCUT2D eigenvalue weighted by Gasteiger charge is 2.34. The number of aryl methyl sites for hydroxylation is 2. The summed E-state index contributed by atoms with van der Waals surface area (Å²) in [5.74, 6) is -0.854. The SMILES string of the molecule is CCCNC(=O)C(Cc1ccccc1)N(Cc1ccccc1Cl)C(=O)CN(c1ccc(C)cc1)S(=O)(=O)c1ccc(C)cc1. The van der Waals surface area contributed by atoms with Gasteiger partial charge in [-0.1, -0.05) is 102 Å². The van der Waals surface area contributed by atoms with Crippen molar-refractivity contribution in [1.82, 2.24) is 10.2 Å². The van der Waals surface area contributed by atoms with E-state index in [0.717, 1.165) is 27.4 Å². The largest absolute Gasteiger partial charge is 0.354 e. The van der Waals surface area contributed by atoms with Crippen LogP contribution in [0.25, 0.3) is 0 Å². The van der Waals surface area contributed by atoms with Gasteiger partial charge in [0.2, 0.25) is 11.8 Å². The molecule has 0 aliphatic carbocycles. The lowest BCUT2D eigenvalue weighted by molar-refractivity contribution is -0.140. The smallest absolute Gasteiger partial charge is 0.264 e. The van der Waals surface area contributed by atoms with Crippen LogP contribution in [-0.4, -0.2) is 44.3 Å². The first kappa shape index (κ1) is 32.8. The van der Waals surface area contributed by atoms with Crippen LogP contribution in [0.3, 0.4) is 0 Å². The monoisotopic (exact) mass is 631 g/mol. The van der Waals surface area contributed by atoms with E-state index in [1.165, 1.54) is 17.0 Å². The molecule has 1 N–H and O–H groups in total. The molecule has 4 aromatic carbocycles. The first-order valence-corrected chi connectivity index (χ1v) is 16.4. The number of nitrogens with one attached hydrogen (secondary N) is 1. The van der Waals surface area contributed by atoms with Crippen molar-refractivity contribution in [3.63, 3.8) is 0 Å². The molecule has 9 heteroatoms. The molecule has 0 saturated carbocycles. The lowest BCUT2D eigenvalue weighted by Gasteiger charge is -2.34. The molecule has 1 unspecified atom stereocenters. The second kappa shape index (κ2) is 15.0. The van der Waals surface area contributed by atoms with Gasteiger partial charge in [-0.05, 0) is 61.7 Å². The molecule has 0 radical (unpaired) electrons. The average molecular weight is 632 g/mol. The van der Waals surface area contributed by atoms with Crippen molar-refractivity contribution in [2.45, 2.75) is 51.1 Å². The Hall–Kier alpha value is -4.14. The Bertz CT molecular complexity index is 1660. The molecule has 4 rings (SSSR count). The van der Waals surface area contributed by atoms with Crippen LogP contribution >= 0.6 is 11.6 Å². The number of hydrogen-bond donors (Lipinski definition) is 1. The van der Waals surface area contributed by atoms with Gasteiger partial charge in [0.15, 0.2) is 0 Å². The van der Waals surface area contributed by atoms with Crippen LogP contribution in [0, 0.1) is 13.8 Å². The van der Waals surface area contributed by atoms with Crippen molar-refractivity contribution in [3.8, 4) is 0 Å². The van der Waals surface area contributed by atoms with Gasteiger partial charge in [0.25, 0.3) is 10.0 Å². The highest BCUT2D eigenvalue weighted by Crippen LogP contribution is 2.26. The first-order valence-electron chi connectivity index (χ1n) is 14.6. The number of nitrogens with zero attached hydrogens (tertiary/aromatic N) is 2. The van der Waals surface area contributed by atoms with E-state index in [0.29, 0.717) is 22.8 Å². The Morgan fingerprint density at radius 3 is 2.02 bits per heavy atom. The van der Waals surface area contributed by atoms with E-state index >= 15 is 0 Å². The highest BCUT2D eigenvalue weighted by molar-refractivity contribution is 7.92. The van der Waals surface area contributed by atoms with Crippen LogP contribution in [0.2, 0.25) is 5.02 Å². The number of halogens is 1. The van der Waals surface area contributed by atoms with Crippen LogP contribution in [0.4, 0.5) is 5.69 Å². The summed E-state index contributed by atoms with van der Waals surface area (Å²) < 4.78 is 29.3. The Balaban J connectivity index is 1.80. The fraction of sp³-hybridized carbons (Fsp3) is 0.257. The molecule has 0 heterocycles. The second-order valence-electron chi connectivity index (χ2n) is 10.8. The van der Waals surface area contributed by atoms with Crippen molar-refractivity contribution in [2.75, 3.05) is 17.4 Å². The number of carbonyl (C=O) groups is 2. The maximum Gasteiger partial charge on any atom is 0.264 e. The molecule has 230 valence electrons. The van der Waals surface area contributed by atoms with E-state index in [2.05, 4.69) is 5.32 Å². The van der Waals surface area contributed by atoms with Crippen molar-refractivity contribution in [1.29, 1.82) is 0 Å². The summed E-state index contributed by atoms with van der Waals surface area (Å²) >= 11 is 6.54. The highest BCUT2D eigenvalue weighted by atomic mass is 35.5. The third-order valence-corrected chi connectivity index (χ3v) is 9.49. The van der Waals surface area contributed by atoms with E-state index < -0.39 is 28.5 Å². The molecule has 0 aliphatic heterocycles. The van der Waals surface area contributed by atoms with Crippen LogP contribution in [0.1, 0.15) is 35.6 Å². The first-order chi connectivity index (χ1) is 21.1. The minimum absolute atomic E-state index is 0.0157. The number of rotatable bonds is 13. The zero-order valence-electron chi connectivity index (χ0n) is 25.2. The van der Waals surface area contributed by atoms with E-state index in [1.54, 1.807) is 54.6 Å². The van der Waals surface area contributed by atoms with Gasteiger partial charge in [0, 0.05) is 24.5 Å². The number of anilines is 1. The number of hydrogen-bond acceptors (Lipinski definition) is 4. The maximum absolute atomic E-state index is 14.4. The van der Waals surface area contributed by atoms with Gasteiger partial charge in [0.1, 0.15) is 12.6 Å². The lowest BCUT2D eigenvalue weighted by atomic mass is 10.0. The summed E-state index contributed by atoms with van der Waals surface area (Å²) in [4.78, 5) is 29.7. The van der Waals surface area contributed by atoms with E-state index in [1.807, 2.05) is 57.2 Å². The summed E-state index contributed by atoms with van der Waals surface area (Å²) in [5, 5.41) is 3.39. The lowest BCUT2D eigenvalue weighted by Crippen LogP contribution is -2.53. The van der Waals surface area contributed by atoms with Gasteiger partial charge >= 0.3 is 0 Å². The summed E-state index contributed by atoms with van der Waals surface area (Å²) in [6, 6.07) is 29.1. The molecule has 4 aromatic rings. The standard InChI is InChI=1S/C35H38ClN3O4S/c1-4-22-37-35(41)33(23-28-10-6-5-7-11-28)38(24-29-12-8-9-13-32(29)36)34(40)25-39(30-18-14-26(2)15-19-30)44(42,43)31-20-16-27(3)17-21-31/h5-21,33H,4,22-25H2,1-3H3,(H,37,41). The zero-order valence-corrected chi connectivity index (χ0v) is 26.8. The number of carbonyl (C=O) groups excluding carboxylic acids is 2. The number of benzene rings is 4. The van der Waals surface area contributed by atoms with Gasteiger partial charge in [-0.15, -0.1) is 0 Å². The fourth-order valence-corrected chi connectivity index (χ4v) is 6.42. The van der Waals surface area contributed by atoms with Crippen LogP contribution in [0.15, 0.2) is 108 Å². The molecule has 0 spiro atoms. The Morgan fingerprint density at radius 2 is 1.41 bits per heavy atom. The summed E-state index contributed by atoms with van der Waals surface area (Å²) in [6.07, 6.45) is 0.958. The normalized spacial score (nSPS) is 11.9. The molecular formula is C35H38ClN3O4S. The van der Waals surface area contributed by atoms with Gasteiger partial charge < -0.3 is 10.2 Å². The molecule has 2 amide bonds. The second-order valence-corrected chi connectivity index (χ2v) is 13.0. The summed E-state index contributed by atoms with van der Waals surface area (Å²) in [6.45, 7) is 5.67. The van der Waals surface area contributed by atoms with Crippen molar-refractivity contribution >= 4 is 39.1 Å². The quantitative estimate of drug-likeness (QED) is 0.187. The fourth-order valence-electron chi connectivity index (χ4n) is 4.81. The van der Waals surface area contributed by atoms with Crippen LogP contribution in [-0.2, 0) is 32.6 Å². The van der Waals surface area contributed by atoms with Crippen LogP contribution < -0.4 is 9.62 Å². The molecule has 0 saturated heterocycles. The topological polar surface area (TPSA) is 86.8 Å². The van der Waals surface area contributed by atoms with Gasteiger partial charge in [-0.25, -0.2) is 8.42 Å². The average Bonchev–Trinajstić information content (AvgIpc) is 3.02. The Labute approximate surface area is 265 Å². The number of sulfonamides is 1. The van der Waals surface area contributed by atoms with Crippen molar-refractivity contribution in [3.05, 3.63) is 130 Å². The van der Waals surface area contributed by atoms with Gasteiger partial charge in [-0.2, -0.15) is 0 Å². The van der Waals surface area contributed by atoms with E-state index in [-0.39, 0.29) is 23.8 Å². The minimum Gasteiger partial charge on any atom is -0.354 e. The molecule has 0 aliphatic rings. The predicted molar refractivity (Wildman–Crippen MR) is 176 cm³/mol. The van der Waals surface area contributed by atoms with Crippen molar-refractivity contribution < 1.29 is 18.0 Å². The third kappa shape index (κ3) is 8.27.